The number of anilines is 2. The molecular formula is C40H45F3N8O7. The summed E-state index contributed by atoms with van der Waals surface area (Å²) in [4.78, 5) is 48.9. The van der Waals surface area contributed by atoms with Gasteiger partial charge in [0.15, 0.2) is 17.4 Å². The number of nitrogens with one attached hydrogen (secondary N) is 3. The fourth-order valence-electron chi connectivity index (χ4n) is 5.61. The molecule has 0 fully saturated rings. The smallest absolute Gasteiger partial charge is 0.407 e. The van der Waals surface area contributed by atoms with Crippen molar-refractivity contribution in [1.82, 2.24) is 35.4 Å². The third kappa shape index (κ3) is 12.0. The fourth-order valence-corrected chi connectivity index (χ4v) is 5.61. The zero-order chi connectivity index (χ0) is 41.8. The van der Waals surface area contributed by atoms with Crippen LogP contribution in [0.5, 0.6) is 11.5 Å². The first-order valence-corrected chi connectivity index (χ1v) is 18.5. The average Bonchev–Trinajstić information content (AvgIpc) is 3.53. The van der Waals surface area contributed by atoms with Gasteiger partial charge in [-0.25, -0.2) is 33.3 Å². The van der Waals surface area contributed by atoms with Crippen LogP contribution in [-0.2, 0) is 25.6 Å². The van der Waals surface area contributed by atoms with Crippen molar-refractivity contribution in [3.63, 3.8) is 0 Å². The maximum Gasteiger partial charge on any atom is 0.407 e. The van der Waals surface area contributed by atoms with Crippen molar-refractivity contribution in [2.45, 2.75) is 71.6 Å². The maximum absolute atomic E-state index is 15.4. The van der Waals surface area contributed by atoms with E-state index in [0.717, 1.165) is 12.1 Å². The molecule has 0 aliphatic carbocycles. The molecular weight excluding hydrogens is 761 g/mol. The number of hydrogen-bond acceptors (Lipinski definition) is 12. The molecule has 0 spiro atoms. The Balaban J connectivity index is 1.12. The molecule has 5 aromatic rings. The number of amides is 2. The number of fused-ring (bicyclic) bond motifs is 1. The van der Waals surface area contributed by atoms with Crippen LogP contribution in [0, 0.1) is 17.6 Å². The lowest BCUT2D eigenvalue weighted by molar-refractivity contribution is -0.148. The molecule has 15 nitrogen and oxygen atoms in total. The molecule has 0 radical (unpaired) electrons. The number of nitrogens with zero attached hydrogens (tertiary/aromatic N) is 5. The number of alkyl carbamates (subject to hydrolysis) is 1. The summed E-state index contributed by atoms with van der Waals surface area (Å²) in [5.41, 5.74) is 0.389. The molecule has 0 aliphatic rings. The number of carbonyl (C=O) groups excluding carboxylic acids is 3. The van der Waals surface area contributed by atoms with E-state index in [1.165, 1.54) is 37.2 Å². The van der Waals surface area contributed by atoms with Crippen molar-refractivity contribution < 1.29 is 46.5 Å². The lowest BCUT2D eigenvalue weighted by Crippen LogP contribution is -2.39. The van der Waals surface area contributed by atoms with Crippen molar-refractivity contribution in [3.8, 4) is 23.0 Å². The van der Waals surface area contributed by atoms with Gasteiger partial charge in [-0.1, -0.05) is 24.6 Å². The Labute approximate surface area is 332 Å². The highest BCUT2D eigenvalue weighted by molar-refractivity contribution is 5.92. The van der Waals surface area contributed by atoms with Gasteiger partial charge in [-0.3, -0.25) is 9.48 Å². The first-order valence-electron chi connectivity index (χ1n) is 18.5. The molecule has 58 heavy (non-hydrogen) atoms. The minimum Gasteiger partial charge on any atom is -0.491 e. The second-order valence-electron chi connectivity index (χ2n) is 14.0. The van der Waals surface area contributed by atoms with E-state index in [2.05, 4.69) is 36.0 Å². The number of methoxy groups -OCH3 is 1. The molecule has 0 aliphatic heterocycles. The Kier molecular flexibility index (Phi) is 14.4. The van der Waals surface area contributed by atoms with Gasteiger partial charge in [0.1, 0.15) is 47.9 Å². The van der Waals surface area contributed by atoms with Gasteiger partial charge in [-0.15, -0.1) is 0 Å². The van der Waals surface area contributed by atoms with E-state index in [1.54, 1.807) is 51.1 Å². The van der Waals surface area contributed by atoms with Crippen LogP contribution in [0.3, 0.4) is 0 Å². The number of rotatable bonds is 18. The van der Waals surface area contributed by atoms with Crippen LogP contribution in [0.4, 0.5) is 29.5 Å². The number of ether oxygens (including phenoxy) is 4. The molecule has 1 atom stereocenters. The predicted molar refractivity (Wildman–Crippen MR) is 207 cm³/mol. The quantitative estimate of drug-likeness (QED) is 0.0490. The second kappa shape index (κ2) is 19.6. The minimum atomic E-state index is -0.928. The Morgan fingerprint density at radius 1 is 0.948 bits per heavy atom. The number of benzene rings is 2. The van der Waals surface area contributed by atoms with Gasteiger partial charge in [0.05, 0.1) is 25.4 Å². The molecule has 0 saturated heterocycles. The van der Waals surface area contributed by atoms with Crippen LogP contribution in [0.2, 0.25) is 0 Å². The van der Waals surface area contributed by atoms with Gasteiger partial charge in [-0.2, -0.15) is 9.49 Å². The van der Waals surface area contributed by atoms with Crippen LogP contribution >= 0.6 is 0 Å². The molecule has 308 valence electrons. The Bertz CT molecular complexity index is 2210. The van der Waals surface area contributed by atoms with E-state index in [0.29, 0.717) is 48.1 Å². The number of carbonyl (C=O) groups is 3. The highest BCUT2D eigenvalue weighted by atomic mass is 19.1. The number of hydrogen-bond donors (Lipinski definition) is 3. The third-order valence-corrected chi connectivity index (χ3v) is 8.33. The summed E-state index contributed by atoms with van der Waals surface area (Å²) in [6.45, 7) is 6.49. The van der Waals surface area contributed by atoms with Crippen LogP contribution in [0.25, 0.3) is 22.4 Å². The fraction of sp³-hybridized carbons (Fsp3) is 0.375. The number of pyridine rings is 1. The average molecular weight is 807 g/mol. The van der Waals surface area contributed by atoms with Crippen LogP contribution in [-0.4, -0.2) is 81.2 Å². The van der Waals surface area contributed by atoms with Gasteiger partial charge < -0.3 is 34.9 Å². The summed E-state index contributed by atoms with van der Waals surface area (Å²) in [6.07, 6.45) is 4.30. The summed E-state index contributed by atoms with van der Waals surface area (Å²) in [6, 6.07) is 10.9. The van der Waals surface area contributed by atoms with Gasteiger partial charge in [0.2, 0.25) is 11.9 Å². The number of unbranched alkanes of at least 4 members (excludes halogenated alkanes) is 2. The van der Waals surface area contributed by atoms with E-state index >= 15 is 8.78 Å². The molecule has 2 amide bonds. The van der Waals surface area contributed by atoms with Crippen molar-refractivity contribution in [2.24, 2.45) is 0 Å². The van der Waals surface area contributed by atoms with Crippen molar-refractivity contribution in [1.29, 1.82) is 0 Å². The Hall–Kier alpha value is -6.46. The lowest BCUT2D eigenvalue weighted by atomic mass is 10.1. The molecule has 2 aromatic carbocycles. The predicted octanol–water partition coefficient (Wildman–Crippen LogP) is 6.62. The number of para-hydroxylation sites is 1. The standard InChI is InChI=1S/C40H45F3N8O7/c1-24(47-34(52)13-7-6-10-15-45-39(54)58-40(2,3)4)38(53)57-18-17-56-26-20-29(41)28(30(42)21-26)23-51-31-12-9-8-11-27(31)35(50-51)37-46-22-32(55-5)36(49-37)48-25-14-16-44-33(43)19-25/h8-9,11-12,14,16,19-22,24H,6-7,10,13,15,17-18,23H2,1-5H3,(H,45,54)(H,47,52)(H,44,46,48,49). The SMILES string of the molecule is COc1cnc(-c2nn(Cc3c(F)cc(OCCOC(=O)C(C)NC(=O)CCCCCNC(=O)OC(C)(C)C)cc3F)c3ccccc23)nc1Nc1ccnc(F)c1. The van der Waals surface area contributed by atoms with Gasteiger partial charge in [0, 0.05) is 54.0 Å². The van der Waals surface area contributed by atoms with E-state index < -0.39 is 41.3 Å². The normalized spacial score (nSPS) is 11.8. The number of halogens is 3. The Morgan fingerprint density at radius 3 is 2.43 bits per heavy atom. The number of esters is 1. The summed E-state index contributed by atoms with van der Waals surface area (Å²) in [5, 5.41) is 13.5. The molecule has 3 heterocycles. The first kappa shape index (κ1) is 42.7. The summed E-state index contributed by atoms with van der Waals surface area (Å²) in [5.74, 6) is -2.94. The van der Waals surface area contributed by atoms with E-state index in [-0.39, 0.29) is 60.8 Å². The van der Waals surface area contributed by atoms with E-state index in [9.17, 15) is 18.8 Å². The highest BCUT2D eigenvalue weighted by Crippen LogP contribution is 2.32. The van der Waals surface area contributed by atoms with E-state index in [4.69, 9.17) is 18.9 Å². The molecule has 0 bridgehead atoms. The first-order chi connectivity index (χ1) is 27.7. The van der Waals surface area contributed by atoms with Crippen LogP contribution < -0.4 is 25.4 Å². The maximum atomic E-state index is 15.4. The van der Waals surface area contributed by atoms with Crippen molar-refractivity contribution in [2.75, 3.05) is 32.2 Å². The molecule has 5 rings (SSSR count). The van der Waals surface area contributed by atoms with Crippen LogP contribution in [0.15, 0.2) is 60.9 Å². The summed E-state index contributed by atoms with van der Waals surface area (Å²) in [7, 11) is 1.43. The largest absolute Gasteiger partial charge is 0.491 e. The zero-order valence-corrected chi connectivity index (χ0v) is 32.7. The number of aromatic nitrogens is 5. The molecule has 1 unspecified atom stereocenters. The minimum absolute atomic E-state index is 0.121. The topological polar surface area (TPSA) is 181 Å². The molecule has 3 aromatic heterocycles. The van der Waals surface area contributed by atoms with Crippen molar-refractivity contribution in [3.05, 3.63) is 84.1 Å². The molecule has 18 heteroatoms. The zero-order valence-electron chi connectivity index (χ0n) is 32.7. The van der Waals surface area contributed by atoms with Gasteiger partial charge in [0.25, 0.3) is 0 Å². The van der Waals surface area contributed by atoms with Crippen molar-refractivity contribution >= 4 is 40.4 Å². The van der Waals surface area contributed by atoms with Gasteiger partial charge in [-0.05, 0) is 52.7 Å². The summed E-state index contributed by atoms with van der Waals surface area (Å²) >= 11 is 0. The highest BCUT2D eigenvalue weighted by Gasteiger charge is 2.21. The monoisotopic (exact) mass is 806 g/mol. The second-order valence-corrected chi connectivity index (χ2v) is 14.0. The summed E-state index contributed by atoms with van der Waals surface area (Å²) < 4.78 is 67.2. The third-order valence-electron chi connectivity index (χ3n) is 8.33. The molecule has 3 N–H and O–H groups in total. The van der Waals surface area contributed by atoms with Gasteiger partial charge >= 0.3 is 12.1 Å². The Morgan fingerprint density at radius 2 is 1.71 bits per heavy atom. The van der Waals surface area contributed by atoms with E-state index in [1.807, 2.05) is 0 Å². The molecule has 0 saturated carbocycles. The lowest BCUT2D eigenvalue weighted by Gasteiger charge is -2.19. The van der Waals surface area contributed by atoms with Crippen LogP contribution in [0.1, 0.15) is 58.9 Å².